The summed E-state index contributed by atoms with van der Waals surface area (Å²) in [6.45, 7) is 0. The van der Waals surface area contributed by atoms with Crippen LogP contribution in [0.3, 0.4) is 0 Å². The Hall–Kier alpha value is -3.60. The number of para-hydroxylation sites is 1. The van der Waals surface area contributed by atoms with E-state index in [0.717, 1.165) is 42.8 Å². The van der Waals surface area contributed by atoms with Crippen molar-refractivity contribution in [3.8, 4) is 5.75 Å². The van der Waals surface area contributed by atoms with Crippen molar-refractivity contribution >= 4 is 28.8 Å². The first kappa shape index (κ1) is 20.3. The predicted molar refractivity (Wildman–Crippen MR) is 126 cm³/mol. The van der Waals surface area contributed by atoms with Crippen molar-refractivity contribution in [2.45, 2.75) is 31.6 Å². The molecule has 1 aliphatic heterocycles. The number of Topliss-reactive ketones (excluding diaryl/α,β-unsaturated/α-hetero) is 1. The van der Waals surface area contributed by atoms with E-state index in [0.29, 0.717) is 22.7 Å². The molecule has 5 heteroatoms. The van der Waals surface area contributed by atoms with Gasteiger partial charge in [-0.1, -0.05) is 24.3 Å². The number of benzene rings is 3. The Bertz CT molecular complexity index is 1160. The highest BCUT2D eigenvalue weighted by Gasteiger charge is 2.28. The fourth-order valence-corrected chi connectivity index (χ4v) is 4.84. The number of hydrogen-bond donors (Lipinski definition) is 2. The Morgan fingerprint density at radius 1 is 0.844 bits per heavy atom. The standard InChI is InChI=1S/C27H26N2O3/c1-32-21-13-10-18(11-14-21)17-6-8-19(9-7-17)26(30)20-12-15-24-25(16-20)29-27(31)22-4-2-3-5-23(22)28-24/h2-5,10-17,19,28H,6-9H2,1H3,(H,29,31). The van der Waals surface area contributed by atoms with Crippen LogP contribution in [0, 0.1) is 5.92 Å². The van der Waals surface area contributed by atoms with E-state index in [-0.39, 0.29) is 17.6 Å². The lowest BCUT2D eigenvalue weighted by molar-refractivity contribution is 0.0883. The van der Waals surface area contributed by atoms with Gasteiger partial charge in [-0.3, -0.25) is 9.59 Å². The van der Waals surface area contributed by atoms with Crippen molar-refractivity contribution < 1.29 is 14.3 Å². The summed E-state index contributed by atoms with van der Waals surface area (Å²) in [7, 11) is 1.68. The van der Waals surface area contributed by atoms with Crippen LogP contribution in [-0.2, 0) is 0 Å². The van der Waals surface area contributed by atoms with Gasteiger partial charge >= 0.3 is 0 Å². The number of ether oxygens (including phenoxy) is 1. The second-order valence-electron chi connectivity index (χ2n) is 8.57. The molecule has 5 rings (SSSR count). The highest BCUT2D eigenvalue weighted by Crippen LogP contribution is 2.39. The van der Waals surface area contributed by atoms with Crippen LogP contribution in [0.15, 0.2) is 66.7 Å². The van der Waals surface area contributed by atoms with Gasteiger partial charge in [-0.2, -0.15) is 0 Å². The molecule has 0 bridgehead atoms. The van der Waals surface area contributed by atoms with Crippen LogP contribution in [0.1, 0.15) is 57.9 Å². The van der Waals surface area contributed by atoms with Gasteiger partial charge in [-0.15, -0.1) is 0 Å². The first-order valence-electron chi connectivity index (χ1n) is 11.1. The third-order valence-corrected chi connectivity index (χ3v) is 6.68. The molecule has 162 valence electrons. The monoisotopic (exact) mass is 426 g/mol. The quantitative estimate of drug-likeness (QED) is 0.490. The van der Waals surface area contributed by atoms with Gasteiger partial charge in [0.1, 0.15) is 5.75 Å². The number of anilines is 3. The number of amides is 1. The minimum absolute atomic E-state index is 0.0224. The molecular weight excluding hydrogens is 400 g/mol. The van der Waals surface area contributed by atoms with Crippen LogP contribution in [-0.4, -0.2) is 18.8 Å². The summed E-state index contributed by atoms with van der Waals surface area (Å²) >= 11 is 0. The van der Waals surface area contributed by atoms with Gasteiger partial charge in [0.15, 0.2) is 5.78 Å². The van der Waals surface area contributed by atoms with Crippen molar-refractivity contribution in [3.05, 3.63) is 83.4 Å². The number of carbonyl (C=O) groups is 2. The Morgan fingerprint density at radius 3 is 2.34 bits per heavy atom. The predicted octanol–water partition coefficient (Wildman–Crippen LogP) is 6.16. The lowest BCUT2D eigenvalue weighted by Crippen LogP contribution is -2.21. The molecule has 1 aliphatic carbocycles. The van der Waals surface area contributed by atoms with Gasteiger partial charge in [0, 0.05) is 11.5 Å². The second-order valence-corrected chi connectivity index (χ2v) is 8.57. The summed E-state index contributed by atoms with van der Waals surface area (Å²) in [5, 5.41) is 6.26. The highest BCUT2D eigenvalue weighted by atomic mass is 16.5. The van der Waals surface area contributed by atoms with Gasteiger partial charge < -0.3 is 15.4 Å². The van der Waals surface area contributed by atoms with E-state index in [2.05, 4.69) is 22.8 Å². The number of nitrogens with one attached hydrogen (secondary N) is 2. The van der Waals surface area contributed by atoms with Crippen molar-refractivity contribution in [2.24, 2.45) is 5.92 Å². The molecule has 0 aromatic heterocycles. The molecule has 0 spiro atoms. The lowest BCUT2D eigenvalue weighted by Gasteiger charge is -2.28. The number of carbonyl (C=O) groups excluding carboxylic acids is 2. The average Bonchev–Trinajstić information content (AvgIpc) is 2.99. The summed E-state index contributed by atoms with van der Waals surface area (Å²) in [6, 6.07) is 21.2. The minimum Gasteiger partial charge on any atom is -0.497 e. The largest absolute Gasteiger partial charge is 0.497 e. The van der Waals surface area contributed by atoms with Crippen molar-refractivity contribution in [1.29, 1.82) is 0 Å². The van der Waals surface area contributed by atoms with E-state index in [4.69, 9.17) is 4.74 Å². The van der Waals surface area contributed by atoms with E-state index >= 15 is 0 Å². The zero-order chi connectivity index (χ0) is 22.1. The number of fused-ring (bicyclic) bond motifs is 2. The van der Waals surface area contributed by atoms with E-state index in [9.17, 15) is 9.59 Å². The Kier molecular flexibility index (Phi) is 5.39. The van der Waals surface area contributed by atoms with Gasteiger partial charge in [-0.25, -0.2) is 0 Å². The number of hydrogen-bond acceptors (Lipinski definition) is 4. The fourth-order valence-electron chi connectivity index (χ4n) is 4.84. The number of rotatable bonds is 4. The maximum atomic E-state index is 13.2. The SMILES string of the molecule is COc1ccc(C2CCC(C(=O)c3ccc4c(c3)NC(=O)c3ccccc3N4)CC2)cc1. The van der Waals surface area contributed by atoms with Crippen molar-refractivity contribution in [2.75, 3.05) is 17.7 Å². The van der Waals surface area contributed by atoms with E-state index in [1.807, 2.05) is 48.5 Å². The van der Waals surface area contributed by atoms with Crippen LogP contribution in [0.2, 0.25) is 0 Å². The molecule has 32 heavy (non-hydrogen) atoms. The third kappa shape index (κ3) is 3.86. The van der Waals surface area contributed by atoms with Gasteiger partial charge in [0.05, 0.1) is 29.7 Å². The fraction of sp³-hybridized carbons (Fsp3) is 0.259. The molecule has 0 radical (unpaired) electrons. The number of ketones is 1. The summed E-state index contributed by atoms with van der Waals surface area (Å²) in [5.74, 6) is 1.37. The Morgan fingerprint density at radius 2 is 1.59 bits per heavy atom. The zero-order valence-corrected chi connectivity index (χ0v) is 18.1. The maximum absolute atomic E-state index is 13.2. The summed E-state index contributed by atoms with van der Waals surface area (Å²) in [4.78, 5) is 25.9. The molecule has 1 saturated carbocycles. The maximum Gasteiger partial charge on any atom is 0.257 e. The van der Waals surface area contributed by atoms with Crippen molar-refractivity contribution in [3.63, 3.8) is 0 Å². The van der Waals surface area contributed by atoms with Crippen LogP contribution in [0.5, 0.6) is 5.75 Å². The Balaban J connectivity index is 1.29. The molecule has 0 saturated heterocycles. The molecule has 0 unspecified atom stereocenters. The summed E-state index contributed by atoms with van der Waals surface area (Å²) in [5.41, 5.74) is 4.76. The molecule has 1 heterocycles. The molecule has 1 fully saturated rings. The average molecular weight is 427 g/mol. The lowest BCUT2D eigenvalue weighted by atomic mass is 9.76. The molecule has 3 aromatic carbocycles. The van der Waals surface area contributed by atoms with Crippen LogP contribution >= 0.6 is 0 Å². The third-order valence-electron chi connectivity index (χ3n) is 6.68. The molecule has 2 aliphatic rings. The van der Waals surface area contributed by atoms with Gasteiger partial charge in [0.25, 0.3) is 5.91 Å². The minimum atomic E-state index is -0.170. The molecular formula is C27H26N2O3. The first-order chi connectivity index (χ1) is 15.6. The van der Waals surface area contributed by atoms with Crippen LogP contribution in [0.25, 0.3) is 0 Å². The topological polar surface area (TPSA) is 67.4 Å². The summed E-state index contributed by atoms with van der Waals surface area (Å²) < 4.78 is 5.25. The number of methoxy groups -OCH3 is 1. The molecule has 3 aromatic rings. The molecule has 2 N–H and O–H groups in total. The molecule has 5 nitrogen and oxygen atoms in total. The smallest absolute Gasteiger partial charge is 0.257 e. The van der Waals surface area contributed by atoms with E-state index < -0.39 is 0 Å². The van der Waals surface area contributed by atoms with Crippen molar-refractivity contribution in [1.82, 2.24) is 0 Å². The van der Waals surface area contributed by atoms with Crippen LogP contribution in [0.4, 0.5) is 17.1 Å². The van der Waals surface area contributed by atoms with E-state index in [1.165, 1.54) is 5.56 Å². The van der Waals surface area contributed by atoms with E-state index in [1.54, 1.807) is 13.2 Å². The summed E-state index contributed by atoms with van der Waals surface area (Å²) in [6.07, 6.45) is 3.76. The Labute approximate surface area is 187 Å². The molecule has 0 atom stereocenters. The first-order valence-corrected chi connectivity index (χ1v) is 11.1. The normalized spacial score (nSPS) is 19.6. The highest BCUT2D eigenvalue weighted by molar-refractivity contribution is 6.13. The molecule has 1 amide bonds. The van der Waals surface area contributed by atoms with Gasteiger partial charge in [-0.05, 0) is 79.6 Å². The van der Waals surface area contributed by atoms with Crippen LogP contribution < -0.4 is 15.4 Å². The second kappa shape index (κ2) is 8.50. The zero-order valence-electron chi connectivity index (χ0n) is 18.1. The van der Waals surface area contributed by atoms with Gasteiger partial charge in [0.2, 0.25) is 0 Å².